The van der Waals surface area contributed by atoms with E-state index in [-0.39, 0.29) is 23.6 Å². The van der Waals surface area contributed by atoms with Crippen LogP contribution < -0.4 is 10.2 Å². The van der Waals surface area contributed by atoms with E-state index >= 15 is 0 Å². The quantitative estimate of drug-likeness (QED) is 0.735. The molecule has 0 spiro atoms. The van der Waals surface area contributed by atoms with Gasteiger partial charge in [-0.3, -0.25) is 14.6 Å². The average Bonchev–Trinajstić information content (AvgIpc) is 2.85. The Kier molecular flexibility index (Phi) is 7.58. The number of halogens is 1. The van der Waals surface area contributed by atoms with Crippen molar-refractivity contribution in [1.29, 1.82) is 5.26 Å². The van der Waals surface area contributed by atoms with Crippen LogP contribution in [-0.4, -0.2) is 67.1 Å². The van der Waals surface area contributed by atoms with Crippen molar-refractivity contribution in [2.24, 2.45) is 0 Å². The maximum absolute atomic E-state index is 14.0. The Balaban J connectivity index is 1.23. The SMILES string of the molecule is CC(C(=O)NC1CCN(Cc2ccccc2)CC1)N1CCN(c2cccc(F)c2C#N)CC1. The van der Waals surface area contributed by atoms with E-state index in [1.54, 1.807) is 12.1 Å². The third-order valence-corrected chi connectivity index (χ3v) is 6.87. The van der Waals surface area contributed by atoms with E-state index in [4.69, 9.17) is 0 Å². The van der Waals surface area contributed by atoms with Crippen LogP contribution in [0, 0.1) is 17.1 Å². The first kappa shape index (κ1) is 23.2. The van der Waals surface area contributed by atoms with Gasteiger partial charge in [0.1, 0.15) is 17.4 Å². The number of hydrogen-bond donors (Lipinski definition) is 1. The molecule has 174 valence electrons. The number of anilines is 1. The average molecular weight is 450 g/mol. The minimum atomic E-state index is -0.486. The number of amides is 1. The molecule has 1 N–H and O–H groups in total. The number of piperidine rings is 1. The van der Waals surface area contributed by atoms with E-state index in [0.717, 1.165) is 32.5 Å². The van der Waals surface area contributed by atoms with Crippen molar-refractivity contribution < 1.29 is 9.18 Å². The van der Waals surface area contributed by atoms with Crippen molar-refractivity contribution in [3.8, 4) is 6.07 Å². The Hall–Kier alpha value is -2.95. The van der Waals surface area contributed by atoms with Crippen LogP contribution in [0.25, 0.3) is 0 Å². The summed E-state index contributed by atoms with van der Waals surface area (Å²) in [6.45, 7) is 7.61. The van der Waals surface area contributed by atoms with Crippen molar-refractivity contribution in [3.05, 3.63) is 65.5 Å². The molecule has 1 amide bonds. The summed E-state index contributed by atoms with van der Waals surface area (Å²) in [5.74, 6) is -0.409. The fraction of sp³-hybridized carbons (Fsp3) is 0.462. The van der Waals surface area contributed by atoms with Crippen molar-refractivity contribution >= 4 is 11.6 Å². The highest BCUT2D eigenvalue weighted by Crippen LogP contribution is 2.24. The van der Waals surface area contributed by atoms with Gasteiger partial charge in [-0.05, 0) is 37.5 Å². The fourth-order valence-electron chi connectivity index (χ4n) is 4.80. The molecule has 1 atom stereocenters. The lowest BCUT2D eigenvalue weighted by atomic mass is 10.0. The van der Waals surface area contributed by atoms with Gasteiger partial charge in [-0.2, -0.15) is 5.26 Å². The normalized spacial score (nSPS) is 19.1. The van der Waals surface area contributed by atoms with Crippen LogP contribution in [0.2, 0.25) is 0 Å². The number of nitriles is 1. The molecule has 6 nitrogen and oxygen atoms in total. The number of nitrogens with one attached hydrogen (secondary N) is 1. The van der Waals surface area contributed by atoms with Crippen molar-refractivity contribution in [2.75, 3.05) is 44.2 Å². The van der Waals surface area contributed by atoms with Crippen LogP contribution in [0.5, 0.6) is 0 Å². The monoisotopic (exact) mass is 449 g/mol. The van der Waals surface area contributed by atoms with Gasteiger partial charge in [0.25, 0.3) is 0 Å². The second-order valence-electron chi connectivity index (χ2n) is 8.99. The number of carbonyl (C=O) groups excluding carboxylic acids is 1. The largest absolute Gasteiger partial charge is 0.368 e. The zero-order chi connectivity index (χ0) is 23.2. The van der Waals surface area contributed by atoms with Crippen LogP contribution in [-0.2, 0) is 11.3 Å². The molecule has 4 rings (SSSR count). The van der Waals surface area contributed by atoms with E-state index in [1.165, 1.54) is 11.6 Å². The molecule has 1 unspecified atom stereocenters. The molecular weight excluding hydrogens is 417 g/mol. The van der Waals surface area contributed by atoms with E-state index in [2.05, 4.69) is 39.4 Å². The molecule has 2 aliphatic rings. The standard InChI is InChI=1S/C26H32FN5O/c1-20(31-14-16-32(17-15-31)25-9-5-8-24(27)23(25)18-28)26(33)29-22-10-12-30(13-11-22)19-21-6-3-2-4-7-21/h2-9,20,22H,10-17,19H2,1H3,(H,29,33). The molecule has 2 aromatic rings. The smallest absolute Gasteiger partial charge is 0.237 e. The van der Waals surface area contributed by atoms with Gasteiger partial charge < -0.3 is 10.2 Å². The summed E-state index contributed by atoms with van der Waals surface area (Å²) in [7, 11) is 0. The third kappa shape index (κ3) is 5.70. The zero-order valence-electron chi connectivity index (χ0n) is 19.2. The van der Waals surface area contributed by atoms with Crippen molar-refractivity contribution in [3.63, 3.8) is 0 Å². The molecule has 33 heavy (non-hydrogen) atoms. The van der Waals surface area contributed by atoms with Crippen LogP contribution in [0.4, 0.5) is 10.1 Å². The van der Waals surface area contributed by atoms with Crippen LogP contribution in [0.15, 0.2) is 48.5 Å². The lowest BCUT2D eigenvalue weighted by Gasteiger charge is -2.39. The summed E-state index contributed by atoms with van der Waals surface area (Å²) in [5, 5.41) is 12.6. The Morgan fingerprint density at radius 3 is 2.42 bits per heavy atom. The number of benzene rings is 2. The van der Waals surface area contributed by atoms with Gasteiger partial charge in [-0.15, -0.1) is 0 Å². The molecule has 2 aromatic carbocycles. The van der Waals surface area contributed by atoms with E-state index in [0.29, 0.717) is 31.9 Å². The van der Waals surface area contributed by atoms with Crippen molar-refractivity contribution in [2.45, 2.75) is 38.4 Å². The number of likely N-dealkylation sites (tertiary alicyclic amines) is 1. The van der Waals surface area contributed by atoms with Crippen LogP contribution >= 0.6 is 0 Å². The summed E-state index contributed by atoms with van der Waals surface area (Å²) in [6, 6.07) is 17.2. The number of rotatable bonds is 6. The molecule has 0 bridgehead atoms. The first-order valence-corrected chi connectivity index (χ1v) is 11.8. The third-order valence-electron chi connectivity index (χ3n) is 6.87. The van der Waals surface area contributed by atoms with Gasteiger partial charge in [0.15, 0.2) is 0 Å². The minimum Gasteiger partial charge on any atom is -0.368 e. The zero-order valence-corrected chi connectivity index (χ0v) is 19.2. The minimum absolute atomic E-state index is 0.0772. The van der Waals surface area contributed by atoms with Crippen LogP contribution in [0.3, 0.4) is 0 Å². The summed E-state index contributed by atoms with van der Waals surface area (Å²) >= 11 is 0. The molecule has 0 aliphatic carbocycles. The summed E-state index contributed by atoms with van der Waals surface area (Å²) in [4.78, 5) is 19.6. The highest BCUT2D eigenvalue weighted by molar-refractivity contribution is 5.81. The highest BCUT2D eigenvalue weighted by Gasteiger charge is 2.29. The van der Waals surface area contributed by atoms with E-state index < -0.39 is 5.82 Å². The van der Waals surface area contributed by atoms with E-state index in [9.17, 15) is 14.4 Å². The Morgan fingerprint density at radius 2 is 1.76 bits per heavy atom. The lowest BCUT2D eigenvalue weighted by Crippen LogP contribution is -2.56. The highest BCUT2D eigenvalue weighted by atomic mass is 19.1. The maximum atomic E-state index is 14.0. The molecule has 2 aliphatic heterocycles. The van der Waals surface area contributed by atoms with Gasteiger partial charge in [0.2, 0.25) is 5.91 Å². The molecule has 0 aromatic heterocycles. The summed E-state index contributed by atoms with van der Waals surface area (Å²) in [6.07, 6.45) is 1.94. The fourth-order valence-corrected chi connectivity index (χ4v) is 4.80. The predicted octanol–water partition coefficient (Wildman–Crippen LogP) is 2.99. The number of carbonyl (C=O) groups is 1. The maximum Gasteiger partial charge on any atom is 0.237 e. The number of nitrogens with zero attached hydrogens (tertiary/aromatic N) is 4. The number of piperazine rings is 1. The molecule has 2 heterocycles. The molecular formula is C26H32FN5O. The van der Waals surface area contributed by atoms with Gasteiger partial charge in [-0.25, -0.2) is 4.39 Å². The van der Waals surface area contributed by atoms with Crippen LogP contribution in [0.1, 0.15) is 30.9 Å². The second-order valence-corrected chi connectivity index (χ2v) is 8.99. The van der Waals surface area contributed by atoms with Gasteiger partial charge in [0, 0.05) is 51.9 Å². The second kappa shape index (κ2) is 10.8. The molecule has 0 saturated carbocycles. The first-order chi connectivity index (χ1) is 16.0. The summed E-state index contributed by atoms with van der Waals surface area (Å²) < 4.78 is 14.0. The molecule has 0 radical (unpaired) electrons. The first-order valence-electron chi connectivity index (χ1n) is 11.8. The lowest BCUT2D eigenvalue weighted by molar-refractivity contribution is -0.127. The Morgan fingerprint density at radius 1 is 1.06 bits per heavy atom. The Labute approximate surface area is 195 Å². The summed E-state index contributed by atoms with van der Waals surface area (Å²) in [5.41, 5.74) is 2.06. The van der Waals surface area contributed by atoms with E-state index in [1.807, 2.05) is 24.0 Å². The van der Waals surface area contributed by atoms with Gasteiger partial charge in [-0.1, -0.05) is 36.4 Å². The topological polar surface area (TPSA) is 62.6 Å². The molecule has 2 fully saturated rings. The predicted molar refractivity (Wildman–Crippen MR) is 127 cm³/mol. The van der Waals surface area contributed by atoms with Gasteiger partial charge >= 0.3 is 0 Å². The molecule has 7 heteroatoms. The van der Waals surface area contributed by atoms with Gasteiger partial charge in [0.05, 0.1) is 11.7 Å². The Bertz CT molecular complexity index is 976. The van der Waals surface area contributed by atoms with Crippen molar-refractivity contribution in [1.82, 2.24) is 15.1 Å². The molecule has 2 saturated heterocycles. The number of hydrogen-bond acceptors (Lipinski definition) is 5.